The Labute approximate surface area is 119 Å². The predicted molar refractivity (Wildman–Crippen MR) is 72.1 cm³/mol. The third-order valence-corrected chi connectivity index (χ3v) is 3.84. The van der Waals surface area contributed by atoms with Crippen LogP contribution < -0.4 is 4.74 Å². The van der Waals surface area contributed by atoms with E-state index in [1.807, 2.05) is 16.0 Å². The van der Waals surface area contributed by atoms with E-state index >= 15 is 0 Å². The van der Waals surface area contributed by atoms with Crippen molar-refractivity contribution in [2.24, 2.45) is 0 Å². The molecule has 3 nitrogen and oxygen atoms in total. The van der Waals surface area contributed by atoms with E-state index in [-0.39, 0.29) is 11.6 Å². The standard InChI is InChI=1S/C12H7BrF2N2OS/c13-6-9-11(16-12-17(9)3-4-19-12)18-10-5-7(14)1-2-8(10)15/h1-5H,6H2. The number of hydrogen-bond acceptors (Lipinski definition) is 3. The number of hydrogen-bond donors (Lipinski definition) is 0. The van der Waals surface area contributed by atoms with E-state index in [0.717, 1.165) is 28.9 Å². The first-order chi connectivity index (χ1) is 9.19. The van der Waals surface area contributed by atoms with Crippen LogP contribution in [0.3, 0.4) is 0 Å². The minimum atomic E-state index is -0.627. The maximum atomic E-state index is 13.5. The molecule has 1 aromatic carbocycles. The Bertz CT molecular complexity index is 740. The van der Waals surface area contributed by atoms with Crippen molar-refractivity contribution in [1.29, 1.82) is 0 Å². The molecule has 0 radical (unpaired) electrons. The SMILES string of the molecule is Fc1ccc(F)c(Oc2nc3sccn3c2CBr)c1. The largest absolute Gasteiger partial charge is 0.434 e. The van der Waals surface area contributed by atoms with Gasteiger partial charge in [0.25, 0.3) is 0 Å². The molecule has 3 rings (SSSR count). The molecule has 0 saturated carbocycles. The van der Waals surface area contributed by atoms with Crippen molar-refractivity contribution in [1.82, 2.24) is 9.38 Å². The molecule has 98 valence electrons. The van der Waals surface area contributed by atoms with E-state index in [2.05, 4.69) is 20.9 Å². The van der Waals surface area contributed by atoms with E-state index in [1.54, 1.807) is 0 Å². The fraction of sp³-hybridized carbons (Fsp3) is 0.0833. The molecule has 0 spiro atoms. The second-order valence-corrected chi connectivity index (χ2v) is 5.16. The van der Waals surface area contributed by atoms with Gasteiger partial charge in [0.15, 0.2) is 16.5 Å². The van der Waals surface area contributed by atoms with Crippen LogP contribution in [0.1, 0.15) is 5.69 Å². The Morgan fingerprint density at radius 1 is 1.37 bits per heavy atom. The molecule has 0 unspecified atom stereocenters. The molecule has 0 atom stereocenters. The van der Waals surface area contributed by atoms with Gasteiger partial charge in [0.2, 0.25) is 5.88 Å². The predicted octanol–water partition coefficient (Wildman–Crippen LogP) is 4.36. The molecule has 0 aliphatic carbocycles. The van der Waals surface area contributed by atoms with Gasteiger partial charge < -0.3 is 4.74 Å². The number of rotatable bonds is 3. The lowest BCUT2D eigenvalue weighted by atomic mass is 10.3. The van der Waals surface area contributed by atoms with Crippen molar-refractivity contribution in [3.63, 3.8) is 0 Å². The fourth-order valence-corrected chi connectivity index (χ4v) is 2.91. The third-order valence-electron chi connectivity index (χ3n) is 2.55. The molecular formula is C12H7BrF2N2OS. The van der Waals surface area contributed by atoms with E-state index in [9.17, 15) is 8.78 Å². The smallest absolute Gasteiger partial charge is 0.243 e. The van der Waals surface area contributed by atoms with Gasteiger partial charge >= 0.3 is 0 Å². The summed E-state index contributed by atoms with van der Waals surface area (Å²) in [5.74, 6) is -1.09. The molecular weight excluding hydrogens is 338 g/mol. The van der Waals surface area contributed by atoms with Gasteiger partial charge in [-0.1, -0.05) is 15.9 Å². The number of halogens is 3. The topological polar surface area (TPSA) is 26.5 Å². The van der Waals surface area contributed by atoms with Crippen molar-refractivity contribution < 1.29 is 13.5 Å². The summed E-state index contributed by atoms with van der Waals surface area (Å²) in [6, 6.07) is 3.07. The monoisotopic (exact) mass is 344 g/mol. The zero-order valence-electron chi connectivity index (χ0n) is 9.44. The molecule has 0 amide bonds. The van der Waals surface area contributed by atoms with Crippen molar-refractivity contribution in [2.75, 3.05) is 0 Å². The van der Waals surface area contributed by atoms with Crippen LogP contribution in [0.25, 0.3) is 4.96 Å². The number of alkyl halides is 1. The molecule has 0 N–H and O–H groups in total. The van der Waals surface area contributed by atoms with Crippen LogP contribution in [0.4, 0.5) is 8.78 Å². The molecule has 3 aromatic rings. The Balaban J connectivity index is 2.05. The van der Waals surface area contributed by atoms with Gasteiger partial charge in [-0.25, -0.2) is 8.78 Å². The maximum Gasteiger partial charge on any atom is 0.243 e. The maximum absolute atomic E-state index is 13.5. The van der Waals surface area contributed by atoms with Crippen molar-refractivity contribution in [2.45, 2.75) is 5.33 Å². The van der Waals surface area contributed by atoms with E-state index in [0.29, 0.717) is 5.33 Å². The average Bonchev–Trinajstić information content (AvgIpc) is 2.94. The van der Waals surface area contributed by atoms with E-state index < -0.39 is 11.6 Å². The average molecular weight is 345 g/mol. The number of fused-ring (bicyclic) bond motifs is 1. The summed E-state index contributed by atoms with van der Waals surface area (Å²) in [7, 11) is 0. The first-order valence-electron chi connectivity index (χ1n) is 5.32. The minimum absolute atomic E-state index is 0.173. The quantitative estimate of drug-likeness (QED) is 0.660. The lowest BCUT2D eigenvalue weighted by molar-refractivity contribution is 0.421. The van der Waals surface area contributed by atoms with Gasteiger partial charge in [-0.2, -0.15) is 4.98 Å². The van der Waals surface area contributed by atoms with Gasteiger partial charge in [-0.05, 0) is 12.1 Å². The summed E-state index contributed by atoms with van der Waals surface area (Å²) >= 11 is 4.77. The van der Waals surface area contributed by atoms with Crippen LogP contribution in [0.15, 0.2) is 29.8 Å². The normalized spacial score (nSPS) is 11.1. The first-order valence-corrected chi connectivity index (χ1v) is 7.32. The van der Waals surface area contributed by atoms with Gasteiger partial charge in [-0.3, -0.25) is 4.40 Å². The molecule has 0 saturated heterocycles. The fourth-order valence-electron chi connectivity index (χ4n) is 1.68. The van der Waals surface area contributed by atoms with E-state index in [1.165, 1.54) is 11.3 Å². The Hall–Kier alpha value is -1.47. The van der Waals surface area contributed by atoms with Crippen LogP contribution in [0, 0.1) is 11.6 Å². The summed E-state index contributed by atoms with van der Waals surface area (Å²) in [6.07, 6.45) is 1.85. The summed E-state index contributed by atoms with van der Waals surface area (Å²) in [6.45, 7) is 0. The van der Waals surface area contributed by atoms with Gasteiger partial charge in [-0.15, -0.1) is 11.3 Å². The van der Waals surface area contributed by atoms with Gasteiger partial charge in [0.1, 0.15) is 5.82 Å². The molecule has 0 bridgehead atoms. The van der Waals surface area contributed by atoms with Crippen LogP contribution in [-0.2, 0) is 5.33 Å². The molecule has 19 heavy (non-hydrogen) atoms. The molecule has 0 aliphatic heterocycles. The Morgan fingerprint density at radius 3 is 3.00 bits per heavy atom. The van der Waals surface area contributed by atoms with Crippen LogP contribution in [0.5, 0.6) is 11.6 Å². The van der Waals surface area contributed by atoms with Crippen molar-refractivity contribution in [3.8, 4) is 11.6 Å². The van der Waals surface area contributed by atoms with E-state index in [4.69, 9.17) is 4.74 Å². The highest BCUT2D eigenvalue weighted by atomic mass is 79.9. The molecule has 7 heteroatoms. The highest BCUT2D eigenvalue weighted by Gasteiger charge is 2.16. The number of nitrogens with zero attached hydrogens (tertiary/aromatic N) is 2. The summed E-state index contributed by atoms with van der Waals surface area (Å²) in [5, 5.41) is 2.39. The Kier molecular flexibility index (Phi) is 3.24. The number of benzene rings is 1. The number of aromatic nitrogens is 2. The zero-order valence-corrected chi connectivity index (χ0v) is 11.8. The molecule has 2 heterocycles. The van der Waals surface area contributed by atoms with Gasteiger partial charge in [0.05, 0.1) is 5.69 Å². The van der Waals surface area contributed by atoms with Crippen molar-refractivity contribution >= 4 is 32.2 Å². The summed E-state index contributed by atoms with van der Waals surface area (Å²) in [5.41, 5.74) is 0.750. The Morgan fingerprint density at radius 2 is 2.21 bits per heavy atom. The lowest BCUT2D eigenvalue weighted by Gasteiger charge is -2.05. The van der Waals surface area contributed by atoms with Gasteiger partial charge in [0, 0.05) is 23.0 Å². The first kappa shape index (κ1) is 12.6. The zero-order chi connectivity index (χ0) is 13.4. The van der Waals surface area contributed by atoms with Crippen molar-refractivity contribution in [3.05, 3.63) is 47.1 Å². The van der Waals surface area contributed by atoms with Crippen LogP contribution >= 0.6 is 27.3 Å². The van der Waals surface area contributed by atoms with Crippen LogP contribution in [0.2, 0.25) is 0 Å². The lowest BCUT2D eigenvalue weighted by Crippen LogP contribution is -1.93. The highest BCUT2D eigenvalue weighted by molar-refractivity contribution is 9.08. The molecule has 0 fully saturated rings. The third kappa shape index (κ3) is 2.23. The number of imidazole rings is 1. The molecule has 2 aromatic heterocycles. The number of ether oxygens (including phenoxy) is 1. The molecule has 0 aliphatic rings. The second-order valence-electron chi connectivity index (χ2n) is 3.73. The number of thiazole rings is 1. The second kappa shape index (κ2) is 4.90. The highest BCUT2D eigenvalue weighted by Crippen LogP contribution is 2.30. The summed E-state index contributed by atoms with van der Waals surface area (Å²) in [4.78, 5) is 4.99. The van der Waals surface area contributed by atoms with Crippen LogP contribution in [-0.4, -0.2) is 9.38 Å². The minimum Gasteiger partial charge on any atom is -0.434 e. The summed E-state index contributed by atoms with van der Waals surface area (Å²) < 4.78 is 33.9.